The second-order valence-electron chi connectivity index (χ2n) is 5.87. The van der Waals surface area contributed by atoms with Crippen LogP contribution >= 0.6 is 0 Å². The van der Waals surface area contributed by atoms with Crippen LogP contribution < -0.4 is 0 Å². The summed E-state index contributed by atoms with van der Waals surface area (Å²) in [6.45, 7) is 11.8. The van der Waals surface area contributed by atoms with Gasteiger partial charge in [-0.15, -0.1) is 6.58 Å². The van der Waals surface area contributed by atoms with E-state index < -0.39 is 24.4 Å². The maximum absolute atomic E-state index is 9.66. The second kappa shape index (κ2) is 11.1. The Hall–Kier alpha value is -0.500. The van der Waals surface area contributed by atoms with Crippen LogP contribution in [-0.4, -0.2) is 93.9 Å². The number of hydrogen-bond donors (Lipinski definition) is 4. The van der Waals surface area contributed by atoms with E-state index in [9.17, 15) is 20.4 Å². The lowest BCUT2D eigenvalue weighted by Gasteiger charge is -2.30. The summed E-state index contributed by atoms with van der Waals surface area (Å²) in [6, 6.07) is 0. The fourth-order valence-corrected chi connectivity index (χ4v) is 2.26. The van der Waals surface area contributed by atoms with Crippen molar-refractivity contribution in [3.05, 3.63) is 12.7 Å². The fraction of sp³-hybridized carbons (Fsp3) is 0.867. The van der Waals surface area contributed by atoms with E-state index in [1.165, 1.54) is 6.08 Å². The molecular weight excluding hydrogens is 272 g/mol. The van der Waals surface area contributed by atoms with E-state index in [0.717, 1.165) is 0 Å². The first-order chi connectivity index (χ1) is 9.74. The van der Waals surface area contributed by atoms with Crippen molar-refractivity contribution in [1.29, 1.82) is 0 Å². The van der Waals surface area contributed by atoms with Gasteiger partial charge in [0.1, 0.15) is 0 Å². The highest BCUT2D eigenvalue weighted by molar-refractivity contribution is 4.82. The molecule has 0 saturated heterocycles. The quantitative estimate of drug-likeness (QED) is 0.356. The second-order valence-corrected chi connectivity index (χ2v) is 5.87. The third-order valence-electron chi connectivity index (χ3n) is 3.02. The van der Waals surface area contributed by atoms with E-state index in [2.05, 4.69) is 6.58 Å². The molecule has 0 aliphatic carbocycles. The first kappa shape index (κ1) is 20.5. The third kappa shape index (κ3) is 11.8. The normalized spacial score (nSPS) is 17.8. The van der Waals surface area contributed by atoms with Gasteiger partial charge in [0.2, 0.25) is 0 Å². The number of rotatable bonds is 12. The Kier molecular flexibility index (Phi) is 10.9. The summed E-state index contributed by atoms with van der Waals surface area (Å²) in [5, 5.41) is 38.2. The van der Waals surface area contributed by atoms with Crippen LogP contribution in [0, 0.1) is 0 Å². The molecule has 0 aromatic carbocycles. The van der Waals surface area contributed by atoms with Crippen molar-refractivity contribution in [2.24, 2.45) is 0 Å². The van der Waals surface area contributed by atoms with Crippen LogP contribution in [-0.2, 0) is 0 Å². The van der Waals surface area contributed by atoms with Crippen LogP contribution in [0.2, 0.25) is 0 Å². The largest absolute Gasteiger partial charge is 0.392 e. The van der Waals surface area contributed by atoms with Crippen LogP contribution in [0.25, 0.3) is 0 Å². The summed E-state index contributed by atoms with van der Waals surface area (Å²) in [6.07, 6.45) is -0.575. The summed E-state index contributed by atoms with van der Waals surface area (Å²) in [5.41, 5.74) is 0. The van der Waals surface area contributed by atoms with Crippen molar-refractivity contribution < 1.29 is 20.4 Å². The van der Waals surface area contributed by atoms with E-state index in [4.69, 9.17) is 0 Å². The van der Waals surface area contributed by atoms with E-state index in [1.807, 2.05) is 9.80 Å². The Labute approximate surface area is 128 Å². The molecule has 0 fully saturated rings. The van der Waals surface area contributed by atoms with E-state index in [1.54, 1.807) is 20.8 Å². The van der Waals surface area contributed by atoms with E-state index >= 15 is 0 Å². The summed E-state index contributed by atoms with van der Waals surface area (Å²) >= 11 is 0. The maximum Gasteiger partial charge on any atom is 0.0845 e. The lowest BCUT2D eigenvalue weighted by Crippen LogP contribution is -2.44. The molecule has 0 saturated carbocycles. The summed E-state index contributed by atoms with van der Waals surface area (Å²) in [5.74, 6) is 0. The first-order valence-corrected chi connectivity index (χ1v) is 7.54. The van der Waals surface area contributed by atoms with Gasteiger partial charge in [-0.05, 0) is 20.8 Å². The molecule has 0 aliphatic heterocycles. The molecular formula is C15H32N2O4. The van der Waals surface area contributed by atoms with Crippen molar-refractivity contribution in [3.63, 3.8) is 0 Å². The van der Waals surface area contributed by atoms with Gasteiger partial charge in [-0.2, -0.15) is 0 Å². The average Bonchev–Trinajstić information content (AvgIpc) is 2.33. The highest BCUT2D eigenvalue weighted by atomic mass is 16.3. The Morgan fingerprint density at radius 2 is 1.10 bits per heavy atom. The molecule has 21 heavy (non-hydrogen) atoms. The maximum atomic E-state index is 9.66. The number of aliphatic hydroxyl groups is 4. The first-order valence-electron chi connectivity index (χ1n) is 7.54. The van der Waals surface area contributed by atoms with Crippen LogP contribution in [0.15, 0.2) is 12.7 Å². The van der Waals surface area contributed by atoms with Gasteiger partial charge in [0.05, 0.1) is 24.4 Å². The molecule has 0 heterocycles. The molecule has 0 radical (unpaired) electrons. The molecule has 4 N–H and O–H groups in total. The summed E-state index contributed by atoms with van der Waals surface area (Å²) in [7, 11) is 0. The monoisotopic (exact) mass is 304 g/mol. The van der Waals surface area contributed by atoms with Crippen LogP contribution in [0.1, 0.15) is 20.8 Å². The number of hydrogen-bond acceptors (Lipinski definition) is 6. The SMILES string of the molecule is C=CC(O)CN(CCN(CC(C)O)CC(C)O)CC(C)O. The average molecular weight is 304 g/mol. The Balaban J connectivity index is 4.46. The summed E-state index contributed by atoms with van der Waals surface area (Å²) in [4.78, 5) is 3.93. The zero-order valence-electron chi connectivity index (χ0n) is 13.5. The number of nitrogens with zero attached hydrogens (tertiary/aromatic N) is 2. The molecule has 0 amide bonds. The lowest BCUT2D eigenvalue weighted by atomic mass is 10.2. The van der Waals surface area contributed by atoms with Crippen LogP contribution in [0.3, 0.4) is 0 Å². The molecule has 0 spiro atoms. The molecule has 126 valence electrons. The van der Waals surface area contributed by atoms with E-state index in [-0.39, 0.29) is 0 Å². The van der Waals surface area contributed by atoms with Gasteiger partial charge >= 0.3 is 0 Å². The van der Waals surface area contributed by atoms with Gasteiger partial charge in [0.15, 0.2) is 0 Å². The molecule has 0 rings (SSSR count). The minimum atomic E-state index is -0.634. The zero-order valence-corrected chi connectivity index (χ0v) is 13.5. The highest BCUT2D eigenvalue weighted by Crippen LogP contribution is 2.01. The minimum absolute atomic E-state index is 0.408. The Morgan fingerprint density at radius 1 is 0.762 bits per heavy atom. The van der Waals surface area contributed by atoms with Crippen LogP contribution in [0.5, 0.6) is 0 Å². The lowest BCUT2D eigenvalue weighted by molar-refractivity contribution is 0.0582. The molecule has 0 aliphatic rings. The highest BCUT2D eigenvalue weighted by Gasteiger charge is 2.16. The predicted octanol–water partition coefficient (Wildman–Crippen LogP) is -0.720. The van der Waals surface area contributed by atoms with Crippen molar-refractivity contribution in [3.8, 4) is 0 Å². The topological polar surface area (TPSA) is 87.4 Å². The molecule has 4 unspecified atom stereocenters. The summed E-state index contributed by atoms with van der Waals surface area (Å²) < 4.78 is 0. The van der Waals surface area contributed by atoms with Gasteiger partial charge < -0.3 is 20.4 Å². The Morgan fingerprint density at radius 3 is 1.38 bits per heavy atom. The fourth-order valence-electron chi connectivity index (χ4n) is 2.26. The van der Waals surface area contributed by atoms with Crippen molar-refractivity contribution in [2.45, 2.75) is 45.2 Å². The smallest absolute Gasteiger partial charge is 0.0845 e. The van der Waals surface area contributed by atoms with Crippen LogP contribution in [0.4, 0.5) is 0 Å². The van der Waals surface area contributed by atoms with Gasteiger partial charge in [-0.25, -0.2) is 0 Å². The predicted molar refractivity (Wildman–Crippen MR) is 84.1 cm³/mol. The number of aliphatic hydroxyl groups excluding tert-OH is 4. The molecule has 0 aromatic heterocycles. The van der Waals surface area contributed by atoms with Gasteiger partial charge in [-0.1, -0.05) is 6.08 Å². The molecule has 6 nitrogen and oxygen atoms in total. The third-order valence-corrected chi connectivity index (χ3v) is 3.02. The zero-order chi connectivity index (χ0) is 16.4. The standard InChI is InChI=1S/C15H32N2O4/c1-5-15(21)11-17(10-14(4)20)7-6-16(8-12(2)18)9-13(3)19/h5,12-15,18-21H,1,6-11H2,2-4H3. The molecule has 6 heteroatoms. The van der Waals surface area contributed by atoms with Gasteiger partial charge in [0, 0.05) is 39.3 Å². The van der Waals surface area contributed by atoms with Gasteiger partial charge in [-0.3, -0.25) is 9.80 Å². The van der Waals surface area contributed by atoms with Crippen molar-refractivity contribution in [2.75, 3.05) is 39.3 Å². The minimum Gasteiger partial charge on any atom is -0.392 e. The molecule has 4 atom stereocenters. The molecule has 0 aromatic rings. The Bertz CT molecular complexity index is 262. The molecule has 0 bridgehead atoms. The van der Waals surface area contributed by atoms with E-state index in [0.29, 0.717) is 39.3 Å². The van der Waals surface area contributed by atoms with Crippen molar-refractivity contribution in [1.82, 2.24) is 9.80 Å². The van der Waals surface area contributed by atoms with Crippen molar-refractivity contribution >= 4 is 0 Å². The van der Waals surface area contributed by atoms with Gasteiger partial charge in [0.25, 0.3) is 0 Å².